The van der Waals surface area contributed by atoms with Crippen molar-refractivity contribution in [2.45, 2.75) is 57.6 Å². The maximum atomic E-state index is 12.8. The zero-order valence-corrected chi connectivity index (χ0v) is 18.0. The third-order valence-electron chi connectivity index (χ3n) is 4.70. The number of nitrogens with one attached hydrogen (secondary N) is 1. The van der Waals surface area contributed by atoms with Crippen molar-refractivity contribution in [2.24, 2.45) is 0 Å². The maximum Gasteiger partial charge on any atom is 0.261 e. The molecule has 1 amide bonds. The van der Waals surface area contributed by atoms with Crippen LogP contribution in [-0.4, -0.2) is 26.7 Å². The van der Waals surface area contributed by atoms with Gasteiger partial charge in [-0.1, -0.05) is 43.7 Å². The molecule has 0 saturated carbocycles. The first-order valence-electron chi connectivity index (χ1n) is 9.50. The molecule has 28 heavy (non-hydrogen) atoms. The maximum absolute atomic E-state index is 12.8. The zero-order valence-electron chi connectivity index (χ0n) is 17.2. The molecule has 1 N–H and O–H groups in total. The van der Waals surface area contributed by atoms with Crippen molar-refractivity contribution in [2.75, 3.05) is 6.26 Å². The summed E-state index contributed by atoms with van der Waals surface area (Å²) >= 11 is 0. The van der Waals surface area contributed by atoms with Crippen LogP contribution >= 0.6 is 0 Å². The monoisotopic (exact) mass is 403 g/mol. The first kappa shape index (κ1) is 22.0. The van der Waals surface area contributed by atoms with Crippen molar-refractivity contribution in [1.82, 2.24) is 5.32 Å². The molecular weight excluding hydrogens is 374 g/mol. The number of carbonyl (C=O) groups is 1. The molecule has 0 radical (unpaired) electrons. The molecule has 0 bridgehead atoms. The van der Waals surface area contributed by atoms with E-state index >= 15 is 0 Å². The van der Waals surface area contributed by atoms with E-state index in [4.69, 9.17) is 4.74 Å². The molecule has 6 heteroatoms. The highest BCUT2D eigenvalue weighted by molar-refractivity contribution is 7.90. The van der Waals surface area contributed by atoms with Crippen molar-refractivity contribution in [3.63, 3.8) is 0 Å². The van der Waals surface area contributed by atoms with Crippen molar-refractivity contribution < 1.29 is 17.9 Å². The molecule has 2 rings (SSSR count). The third kappa shape index (κ3) is 5.58. The lowest BCUT2D eigenvalue weighted by atomic mass is 10.0. The normalized spacial score (nSPS) is 13.6. The highest BCUT2D eigenvalue weighted by Crippen LogP contribution is 2.23. The van der Waals surface area contributed by atoms with Crippen LogP contribution in [0.15, 0.2) is 47.4 Å². The van der Waals surface area contributed by atoms with E-state index in [1.807, 2.05) is 45.9 Å². The number of ether oxygens (including phenoxy) is 1. The SMILES string of the molecule is CC[C@@H](Oc1ccc(C)cc1C)C(=O)N[C@H](CC)c1ccc(S(C)(=O)=O)cc1. The lowest BCUT2D eigenvalue weighted by Crippen LogP contribution is -2.40. The Morgan fingerprint density at radius 2 is 1.68 bits per heavy atom. The van der Waals surface area contributed by atoms with Crippen LogP contribution in [0.1, 0.15) is 49.4 Å². The first-order valence-corrected chi connectivity index (χ1v) is 11.4. The van der Waals surface area contributed by atoms with Gasteiger partial charge in [-0.05, 0) is 56.0 Å². The molecule has 2 aromatic rings. The molecule has 2 aromatic carbocycles. The van der Waals surface area contributed by atoms with Gasteiger partial charge < -0.3 is 10.1 Å². The Bertz CT molecular complexity index is 920. The average Bonchev–Trinajstić information content (AvgIpc) is 2.64. The summed E-state index contributed by atoms with van der Waals surface area (Å²) in [6.07, 6.45) is 1.81. The second-order valence-corrected chi connectivity index (χ2v) is 9.11. The average molecular weight is 404 g/mol. The van der Waals surface area contributed by atoms with Gasteiger partial charge in [-0.25, -0.2) is 8.42 Å². The zero-order chi connectivity index (χ0) is 20.9. The van der Waals surface area contributed by atoms with Crippen LogP contribution in [0.25, 0.3) is 0 Å². The summed E-state index contributed by atoms with van der Waals surface area (Å²) in [5.74, 6) is 0.527. The Balaban J connectivity index is 2.12. The summed E-state index contributed by atoms with van der Waals surface area (Å²) in [6.45, 7) is 7.86. The van der Waals surface area contributed by atoms with Crippen molar-refractivity contribution in [1.29, 1.82) is 0 Å². The fourth-order valence-corrected chi connectivity index (χ4v) is 3.67. The first-order chi connectivity index (χ1) is 13.2. The van der Waals surface area contributed by atoms with Crippen molar-refractivity contribution in [3.8, 4) is 5.75 Å². The smallest absolute Gasteiger partial charge is 0.261 e. The number of aryl methyl sites for hydroxylation is 2. The van der Waals surface area contributed by atoms with Crippen LogP contribution in [0.2, 0.25) is 0 Å². The Kier molecular flexibility index (Phi) is 7.24. The summed E-state index contributed by atoms with van der Waals surface area (Å²) in [4.78, 5) is 13.1. The number of rotatable bonds is 8. The van der Waals surface area contributed by atoms with Crippen LogP contribution in [-0.2, 0) is 14.6 Å². The number of carbonyl (C=O) groups excluding carboxylic acids is 1. The molecule has 0 aliphatic rings. The third-order valence-corrected chi connectivity index (χ3v) is 5.83. The fourth-order valence-electron chi connectivity index (χ4n) is 3.04. The highest BCUT2D eigenvalue weighted by atomic mass is 32.2. The number of sulfone groups is 1. The van der Waals surface area contributed by atoms with E-state index in [1.165, 1.54) is 6.26 Å². The lowest BCUT2D eigenvalue weighted by molar-refractivity contribution is -0.129. The molecular formula is C22H29NO4S. The minimum atomic E-state index is -3.24. The Morgan fingerprint density at radius 1 is 1.04 bits per heavy atom. The second kappa shape index (κ2) is 9.24. The van der Waals surface area contributed by atoms with Crippen molar-refractivity contribution >= 4 is 15.7 Å². The minimum Gasteiger partial charge on any atom is -0.480 e. The van der Waals surface area contributed by atoms with E-state index in [1.54, 1.807) is 24.3 Å². The highest BCUT2D eigenvalue weighted by Gasteiger charge is 2.22. The summed E-state index contributed by atoms with van der Waals surface area (Å²) in [5, 5.41) is 3.03. The predicted molar refractivity (Wildman–Crippen MR) is 111 cm³/mol. The summed E-state index contributed by atoms with van der Waals surface area (Å²) in [6, 6.07) is 12.3. The van der Waals surface area contributed by atoms with Gasteiger partial charge in [-0.15, -0.1) is 0 Å². The number of amides is 1. The van der Waals surface area contributed by atoms with Crippen molar-refractivity contribution in [3.05, 3.63) is 59.2 Å². The number of hydrogen-bond donors (Lipinski definition) is 1. The topological polar surface area (TPSA) is 72.5 Å². The molecule has 0 unspecified atom stereocenters. The Morgan fingerprint density at radius 3 is 2.18 bits per heavy atom. The molecule has 0 spiro atoms. The van der Waals surface area contributed by atoms with E-state index in [0.29, 0.717) is 18.6 Å². The standard InChI is InChI=1S/C22H29NO4S/c1-6-19(17-9-11-18(12-10-17)28(5,25)26)23-22(24)20(7-2)27-21-13-8-15(3)14-16(21)4/h8-14,19-20H,6-7H2,1-5H3,(H,23,24)/t19-,20-/m1/s1. The van der Waals surface area contributed by atoms with E-state index in [-0.39, 0.29) is 16.8 Å². The number of hydrogen-bond acceptors (Lipinski definition) is 4. The van der Waals surface area contributed by atoms with Crippen LogP contribution in [0.3, 0.4) is 0 Å². The van der Waals surface area contributed by atoms with Gasteiger partial charge in [0.1, 0.15) is 5.75 Å². The molecule has 152 valence electrons. The van der Waals surface area contributed by atoms with Gasteiger partial charge in [0.05, 0.1) is 10.9 Å². The van der Waals surface area contributed by atoms with Crippen LogP contribution in [0.5, 0.6) is 5.75 Å². The van der Waals surface area contributed by atoms with Gasteiger partial charge in [-0.2, -0.15) is 0 Å². The van der Waals surface area contributed by atoms with Gasteiger partial charge in [-0.3, -0.25) is 4.79 Å². The van der Waals surface area contributed by atoms with Gasteiger partial charge in [0.2, 0.25) is 0 Å². The molecule has 2 atom stereocenters. The Hall–Kier alpha value is -2.34. The molecule has 0 aromatic heterocycles. The van der Waals surface area contributed by atoms with E-state index in [9.17, 15) is 13.2 Å². The van der Waals surface area contributed by atoms with Gasteiger partial charge in [0.25, 0.3) is 5.91 Å². The predicted octanol–water partition coefficient (Wildman–Crippen LogP) is 4.13. The number of benzene rings is 2. The van der Waals surface area contributed by atoms with Gasteiger partial charge >= 0.3 is 0 Å². The van der Waals surface area contributed by atoms with Gasteiger partial charge in [0.15, 0.2) is 15.9 Å². The summed E-state index contributed by atoms with van der Waals surface area (Å²) < 4.78 is 29.2. The van der Waals surface area contributed by atoms with E-state index < -0.39 is 15.9 Å². The molecule has 0 fully saturated rings. The minimum absolute atomic E-state index is 0.179. The van der Waals surface area contributed by atoms with Crippen LogP contribution < -0.4 is 10.1 Å². The largest absolute Gasteiger partial charge is 0.480 e. The van der Waals surface area contributed by atoms with Crippen LogP contribution in [0.4, 0.5) is 0 Å². The molecule has 0 aliphatic carbocycles. The van der Waals surface area contributed by atoms with Gasteiger partial charge in [0, 0.05) is 6.26 Å². The molecule has 0 saturated heterocycles. The fraction of sp³-hybridized carbons (Fsp3) is 0.409. The van der Waals surface area contributed by atoms with Crippen LogP contribution in [0, 0.1) is 13.8 Å². The lowest BCUT2D eigenvalue weighted by Gasteiger charge is -2.23. The summed E-state index contributed by atoms with van der Waals surface area (Å²) in [7, 11) is -3.24. The molecule has 0 heterocycles. The second-order valence-electron chi connectivity index (χ2n) is 7.09. The Labute approximate surface area is 168 Å². The quantitative estimate of drug-likeness (QED) is 0.719. The molecule has 5 nitrogen and oxygen atoms in total. The van der Waals surface area contributed by atoms with E-state index in [0.717, 1.165) is 16.7 Å². The summed E-state index contributed by atoms with van der Waals surface area (Å²) in [5.41, 5.74) is 3.00. The van der Waals surface area contributed by atoms with E-state index in [2.05, 4.69) is 5.32 Å². The molecule has 0 aliphatic heterocycles.